The SMILES string of the molecule is COc1ncccc1CN1Cc2cn(Cc3ccccn3)nc2-c2ccn(C)c2C1.O=C(O)C(F)(F)F.O=C(O)C(F)(F)F. The summed E-state index contributed by atoms with van der Waals surface area (Å²) in [6.45, 7) is 3.07. The highest BCUT2D eigenvalue weighted by Crippen LogP contribution is 2.33. The number of methoxy groups -OCH3 is 1. The molecule has 0 atom stereocenters. The molecule has 11 nitrogen and oxygen atoms in total. The third-order valence-corrected chi connectivity index (χ3v) is 6.03. The fourth-order valence-corrected chi connectivity index (χ4v) is 4.11. The van der Waals surface area contributed by atoms with Gasteiger partial charge in [0, 0.05) is 73.9 Å². The standard InChI is InChI=1S/C23H24N6O.2C2HF3O2/c1-27-11-8-20-21(27)16-28(12-17-6-5-10-25-23(17)30-2)13-18-14-29(26-22(18)20)15-19-7-3-4-9-24-19;2*3-2(4,5)1(6)7/h3-11,14H,12-13,15-16H2,1-2H3;2*(H,6,7). The molecule has 17 heteroatoms. The molecule has 5 rings (SSSR count). The summed E-state index contributed by atoms with van der Waals surface area (Å²) >= 11 is 0. The van der Waals surface area contributed by atoms with Gasteiger partial charge >= 0.3 is 24.3 Å². The smallest absolute Gasteiger partial charge is 0.481 e. The number of aromatic nitrogens is 5. The van der Waals surface area contributed by atoms with E-state index in [1.807, 2.05) is 35.1 Å². The number of hydrogen-bond donors (Lipinski definition) is 2. The summed E-state index contributed by atoms with van der Waals surface area (Å²) in [5, 5.41) is 19.2. The van der Waals surface area contributed by atoms with E-state index in [2.05, 4.69) is 51.0 Å². The van der Waals surface area contributed by atoms with E-state index in [1.54, 1.807) is 13.3 Å². The summed E-state index contributed by atoms with van der Waals surface area (Å²) < 4.78 is 73.1. The molecular weight excluding hydrogens is 602 g/mol. The Balaban J connectivity index is 0.000000317. The predicted octanol–water partition coefficient (Wildman–Crippen LogP) is 4.52. The van der Waals surface area contributed by atoms with E-state index in [4.69, 9.17) is 29.6 Å². The van der Waals surface area contributed by atoms with Crippen LogP contribution in [0.1, 0.15) is 22.5 Å². The average Bonchev–Trinajstić information content (AvgIpc) is 3.47. The highest BCUT2D eigenvalue weighted by atomic mass is 19.4. The van der Waals surface area contributed by atoms with E-state index in [1.165, 1.54) is 16.8 Å². The number of nitrogens with zero attached hydrogens (tertiary/aromatic N) is 6. The Kier molecular flexibility index (Phi) is 10.7. The number of alkyl halides is 6. The lowest BCUT2D eigenvalue weighted by Gasteiger charge is -2.21. The number of carboxylic acid groups (broad SMARTS) is 2. The molecule has 236 valence electrons. The minimum Gasteiger partial charge on any atom is -0.481 e. The van der Waals surface area contributed by atoms with E-state index < -0.39 is 24.3 Å². The maximum Gasteiger partial charge on any atom is 0.490 e. The maximum atomic E-state index is 10.6. The van der Waals surface area contributed by atoms with Gasteiger partial charge in [0.2, 0.25) is 5.88 Å². The van der Waals surface area contributed by atoms with Crippen molar-refractivity contribution >= 4 is 11.9 Å². The van der Waals surface area contributed by atoms with Crippen LogP contribution in [0.5, 0.6) is 5.88 Å². The van der Waals surface area contributed by atoms with Crippen molar-refractivity contribution in [3.05, 3.63) is 83.7 Å². The fraction of sp³-hybridized carbons (Fsp3) is 0.296. The van der Waals surface area contributed by atoms with E-state index in [0.29, 0.717) is 12.4 Å². The Bertz CT molecular complexity index is 1550. The second kappa shape index (κ2) is 14.0. The first-order valence-corrected chi connectivity index (χ1v) is 12.5. The monoisotopic (exact) mass is 628 g/mol. The molecule has 0 unspecified atom stereocenters. The average molecular weight is 629 g/mol. The zero-order chi connectivity index (χ0) is 32.7. The number of carbonyl (C=O) groups is 2. The van der Waals surface area contributed by atoms with Crippen LogP contribution in [0.3, 0.4) is 0 Å². The number of aryl methyl sites for hydroxylation is 1. The van der Waals surface area contributed by atoms with Crippen molar-refractivity contribution in [3.8, 4) is 17.1 Å². The number of fused-ring (bicyclic) bond motifs is 3. The van der Waals surface area contributed by atoms with Crippen LogP contribution in [-0.4, -0.2) is 70.8 Å². The summed E-state index contributed by atoms with van der Waals surface area (Å²) in [7, 11) is 3.76. The van der Waals surface area contributed by atoms with Crippen LogP contribution in [0.25, 0.3) is 11.3 Å². The van der Waals surface area contributed by atoms with Gasteiger partial charge in [-0.2, -0.15) is 31.4 Å². The molecule has 0 amide bonds. The van der Waals surface area contributed by atoms with E-state index >= 15 is 0 Å². The number of carboxylic acids is 2. The number of aliphatic carboxylic acids is 2. The van der Waals surface area contributed by atoms with Gasteiger partial charge in [-0.3, -0.25) is 14.6 Å². The van der Waals surface area contributed by atoms with E-state index in [-0.39, 0.29) is 0 Å². The number of hydrogen-bond acceptors (Lipinski definition) is 7. The summed E-state index contributed by atoms with van der Waals surface area (Å²) in [5.74, 6) is -4.83. The van der Waals surface area contributed by atoms with Crippen molar-refractivity contribution in [1.29, 1.82) is 0 Å². The molecule has 4 aromatic heterocycles. The van der Waals surface area contributed by atoms with Gasteiger partial charge in [-0.05, 0) is 24.3 Å². The minimum atomic E-state index is -5.08. The highest BCUT2D eigenvalue weighted by Gasteiger charge is 2.39. The van der Waals surface area contributed by atoms with Crippen LogP contribution >= 0.6 is 0 Å². The summed E-state index contributed by atoms with van der Waals surface area (Å²) in [6, 6.07) is 12.2. The topological polar surface area (TPSA) is 136 Å². The maximum absolute atomic E-state index is 10.6. The first-order chi connectivity index (χ1) is 20.6. The third-order valence-electron chi connectivity index (χ3n) is 6.03. The number of pyridine rings is 2. The number of halogens is 6. The second-order valence-corrected chi connectivity index (χ2v) is 9.23. The zero-order valence-electron chi connectivity index (χ0n) is 23.2. The Labute approximate surface area is 246 Å². The molecule has 4 aromatic rings. The van der Waals surface area contributed by atoms with Gasteiger partial charge in [0.25, 0.3) is 0 Å². The van der Waals surface area contributed by atoms with Crippen LogP contribution in [0.4, 0.5) is 26.3 Å². The van der Waals surface area contributed by atoms with Gasteiger partial charge < -0.3 is 19.5 Å². The highest BCUT2D eigenvalue weighted by molar-refractivity contribution is 5.73. The summed E-state index contributed by atoms with van der Waals surface area (Å²) in [4.78, 5) is 29.0. The van der Waals surface area contributed by atoms with Crippen LogP contribution in [0.2, 0.25) is 0 Å². The van der Waals surface area contributed by atoms with Crippen LogP contribution in [0.15, 0.2) is 61.2 Å². The van der Waals surface area contributed by atoms with Gasteiger partial charge in [-0.25, -0.2) is 14.6 Å². The third kappa shape index (κ3) is 9.03. The van der Waals surface area contributed by atoms with Gasteiger partial charge in [0.05, 0.1) is 25.0 Å². The minimum absolute atomic E-state index is 0.659. The van der Waals surface area contributed by atoms with Gasteiger partial charge in [0.15, 0.2) is 0 Å². The van der Waals surface area contributed by atoms with Crippen molar-refractivity contribution in [3.63, 3.8) is 0 Å². The molecule has 44 heavy (non-hydrogen) atoms. The molecule has 5 heterocycles. The van der Waals surface area contributed by atoms with Gasteiger partial charge in [-0.15, -0.1) is 0 Å². The lowest BCUT2D eigenvalue weighted by atomic mass is 10.1. The Morgan fingerprint density at radius 1 is 0.909 bits per heavy atom. The molecule has 0 spiro atoms. The molecule has 1 aliphatic rings. The lowest BCUT2D eigenvalue weighted by Crippen LogP contribution is -2.23. The largest absolute Gasteiger partial charge is 0.490 e. The molecule has 0 aromatic carbocycles. The Morgan fingerprint density at radius 3 is 2.11 bits per heavy atom. The number of rotatable bonds is 5. The van der Waals surface area contributed by atoms with Crippen molar-refractivity contribution in [1.82, 2.24) is 29.2 Å². The van der Waals surface area contributed by atoms with Crippen LogP contribution < -0.4 is 4.74 Å². The Morgan fingerprint density at radius 2 is 1.55 bits per heavy atom. The Hall–Kier alpha value is -4.93. The van der Waals surface area contributed by atoms with E-state index in [9.17, 15) is 26.3 Å². The fourth-order valence-electron chi connectivity index (χ4n) is 4.11. The molecule has 0 saturated heterocycles. The van der Waals surface area contributed by atoms with Crippen LogP contribution in [0, 0.1) is 0 Å². The van der Waals surface area contributed by atoms with E-state index in [0.717, 1.165) is 36.6 Å². The molecular formula is C27H26F6N6O5. The van der Waals surface area contributed by atoms with Crippen molar-refractivity contribution in [2.24, 2.45) is 7.05 Å². The van der Waals surface area contributed by atoms with Crippen molar-refractivity contribution < 1.29 is 50.9 Å². The van der Waals surface area contributed by atoms with Gasteiger partial charge in [0.1, 0.15) is 0 Å². The molecule has 2 N–H and O–H groups in total. The summed E-state index contributed by atoms with van der Waals surface area (Å²) in [6.07, 6.45) is -2.32. The van der Waals surface area contributed by atoms with Crippen molar-refractivity contribution in [2.75, 3.05) is 7.11 Å². The molecule has 0 radical (unpaired) electrons. The zero-order valence-corrected chi connectivity index (χ0v) is 23.2. The second-order valence-electron chi connectivity index (χ2n) is 9.23. The first kappa shape index (κ1) is 33.6. The summed E-state index contributed by atoms with van der Waals surface area (Å²) in [5.41, 5.74) is 6.83. The quantitative estimate of drug-likeness (QED) is 0.306. The molecule has 0 saturated carbocycles. The first-order valence-electron chi connectivity index (χ1n) is 12.5. The molecule has 0 aliphatic carbocycles. The normalized spacial score (nSPS) is 12.8. The van der Waals surface area contributed by atoms with Crippen LogP contribution in [-0.2, 0) is 42.8 Å². The lowest BCUT2D eigenvalue weighted by molar-refractivity contribution is -0.193. The molecule has 0 fully saturated rings. The molecule has 1 aliphatic heterocycles. The molecule has 0 bridgehead atoms. The predicted molar refractivity (Wildman–Crippen MR) is 141 cm³/mol. The van der Waals surface area contributed by atoms with Gasteiger partial charge in [-0.1, -0.05) is 12.1 Å². The van der Waals surface area contributed by atoms with Crippen molar-refractivity contribution in [2.45, 2.75) is 38.5 Å². The number of ether oxygens (including phenoxy) is 1.